The van der Waals surface area contributed by atoms with Gasteiger partial charge >= 0.3 is 0 Å². The summed E-state index contributed by atoms with van der Waals surface area (Å²) in [6.45, 7) is 4.06. The van der Waals surface area contributed by atoms with Gasteiger partial charge in [0.2, 0.25) is 0 Å². The maximum atomic E-state index is 11.4. The third-order valence-corrected chi connectivity index (χ3v) is 3.92. The summed E-state index contributed by atoms with van der Waals surface area (Å²) in [6.07, 6.45) is 0. The van der Waals surface area contributed by atoms with E-state index in [0.717, 1.165) is 5.56 Å². The molecule has 0 radical (unpaired) electrons. The van der Waals surface area contributed by atoms with Crippen molar-refractivity contribution in [3.05, 3.63) is 28.8 Å². The molecule has 102 valence electrons. The molecule has 0 saturated heterocycles. The summed E-state index contributed by atoms with van der Waals surface area (Å²) in [7, 11) is 1.40. The molecule has 0 aliphatic carbocycles. The average molecular weight is 320 g/mol. The third-order valence-electron chi connectivity index (χ3n) is 2.55. The minimum atomic E-state index is -3.92. The largest absolute Gasteiger partial charge is 0.297 e. The van der Waals surface area contributed by atoms with Gasteiger partial charge in [-0.3, -0.25) is 4.57 Å². The van der Waals surface area contributed by atoms with E-state index in [1.165, 1.54) is 4.57 Å². The lowest BCUT2D eigenvalue weighted by molar-refractivity contribution is 0.583. The fourth-order valence-corrected chi connectivity index (χ4v) is 3.08. The first-order valence-corrected chi connectivity index (χ1v) is 8.17. The minimum absolute atomic E-state index is 0.260. The number of halogens is 2. The topological polar surface area (TPSA) is 64.8 Å². The van der Waals surface area contributed by atoms with Crippen molar-refractivity contribution < 1.29 is 8.42 Å². The number of rotatable bonds is 3. The first-order chi connectivity index (χ1) is 8.82. The fraction of sp³-hybridized carbons (Fsp3) is 0.273. The Balaban J connectivity index is 2.67. The Labute approximate surface area is 120 Å². The smallest absolute Gasteiger partial charge is 0.296 e. The molecule has 8 heteroatoms. The van der Waals surface area contributed by atoms with Gasteiger partial charge in [-0.1, -0.05) is 11.6 Å². The normalized spacial score (nSPS) is 11.8. The molecule has 2 aromatic rings. The molecular weight excluding hydrogens is 309 g/mol. The molecule has 1 aromatic carbocycles. The van der Waals surface area contributed by atoms with Crippen molar-refractivity contribution in [2.24, 2.45) is 0 Å². The van der Waals surface area contributed by atoms with Crippen molar-refractivity contribution in [3.63, 3.8) is 0 Å². The maximum Gasteiger partial charge on any atom is 0.296 e. The van der Waals surface area contributed by atoms with E-state index in [1.54, 1.807) is 19.1 Å². The molecule has 0 unspecified atom stereocenters. The van der Waals surface area contributed by atoms with Crippen LogP contribution >= 0.6 is 22.3 Å². The van der Waals surface area contributed by atoms with Gasteiger partial charge in [0.25, 0.3) is 14.2 Å². The first-order valence-electron chi connectivity index (χ1n) is 5.48. The zero-order valence-electron chi connectivity index (χ0n) is 10.3. The highest BCUT2D eigenvalue weighted by molar-refractivity contribution is 8.13. The van der Waals surface area contributed by atoms with Crippen molar-refractivity contribution >= 4 is 31.3 Å². The Kier molecular flexibility index (Phi) is 3.85. The number of nitrogens with zero attached hydrogens (tertiary/aromatic N) is 3. The van der Waals surface area contributed by atoms with Gasteiger partial charge in [-0.15, -0.1) is 10.2 Å². The van der Waals surface area contributed by atoms with E-state index in [4.69, 9.17) is 22.3 Å². The minimum Gasteiger partial charge on any atom is -0.297 e. The summed E-state index contributed by atoms with van der Waals surface area (Å²) in [5.74, 6) is 0.423. The summed E-state index contributed by atoms with van der Waals surface area (Å²) in [5.41, 5.74) is 1.65. The summed E-state index contributed by atoms with van der Waals surface area (Å²) in [5, 5.41) is 7.83. The average Bonchev–Trinajstić information content (AvgIpc) is 2.70. The van der Waals surface area contributed by atoms with Gasteiger partial charge in [0.05, 0.1) is 0 Å². The predicted octanol–water partition coefficient (Wildman–Crippen LogP) is 2.85. The molecule has 0 bridgehead atoms. The van der Waals surface area contributed by atoms with Crippen LogP contribution in [0.4, 0.5) is 0 Å². The molecule has 1 aromatic heterocycles. The van der Waals surface area contributed by atoms with Crippen LogP contribution in [0.25, 0.3) is 11.4 Å². The predicted molar refractivity (Wildman–Crippen MR) is 73.9 cm³/mol. The highest BCUT2D eigenvalue weighted by Gasteiger charge is 2.22. The van der Waals surface area contributed by atoms with Gasteiger partial charge in [0, 0.05) is 27.8 Å². The molecule has 0 aliphatic rings. The summed E-state index contributed by atoms with van der Waals surface area (Å²) in [4.78, 5) is 0. The van der Waals surface area contributed by atoms with Crippen molar-refractivity contribution in [2.45, 2.75) is 25.5 Å². The van der Waals surface area contributed by atoms with Gasteiger partial charge in [-0.25, -0.2) is 8.42 Å². The summed E-state index contributed by atoms with van der Waals surface area (Å²) >= 11 is 5.99. The van der Waals surface area contributed by atoms with Crippen LogP contribution in [0.5, 0.6) is 0 Å². The van der Waals surface area contributed by atoms with Crippen molar-refractivity contribution in [1.29, 1.82) is 0 Å². The number of aryl methyl sites for hydroxylation is 1. The highest BCUT2D eigenvalue weighted by atomic mass is 35.7. The van der Waals surface area contributed by atoms with E-state index < -0.39 is 9.05 Å². The third kappa shape index (κ3) is 2.91. The quantitative estimate of drug-likeness (QED) is 0.816. The Hall–Kier alpha value is -1.11. The van der Waals surface area contributed by atoms with Crippen molar-refractivity contribution in [1.82, 2.24) is 14.8 Å². The van der Waals surface area contributed by atoms with Crippen LogP contribution in [-0.2, 0) is 15.6 Å². The van der Waals surface area contributed by atoms with Crippen molar-refractivity contribution in [3.8, 4) is 11.4 Å². The first kappa shape index (κ1) is 14.3. The highest BCUT2D eigenvalue weighted by Crippen LogP contribution is 2.26. The summed E-state index contributed by atoms with van der Waals surface area (Å²) < 4.78 is 24.3. The monoisotopic (exact) mass is 319 g/mol. The molecule has 1 heterocycles. The van der Waals surface area contributed by atoms with Crippen LogP contribution in [0.15, 0.2) is 23.4 Å². The Morgan fingerprint density at radius 3 is 2.47 bits per heavy atom. The number of aromatic nitrogens is 3. The molecule has 5 nitrogen and oxygen atoms in total. The molecule has 0 fully saturated rings. The molecule has 0 atom stereocenters. The molecular formula is C11H11Cl2N3O2S. The van der Waals surface area contributed by atoms with Crippen molar-refractivity contribution in [2.75, 3.05) is 0 Å². The Bertz CT molecular complexity index is 705. The van der Waals surface area contributed by atoms with E-state index in [9.17, 15) is 8.42 Å². The van der Waals surface area contributed by atoms with E-state index in [0.29, 0.717) is 23.0 Å². The molecule has 0 spiro atoms. The van der Waals surface area contributed by atoms with Gasteiger partial charge in [-0.2, -0.15) is 0 Å². The van der Waals surface area contributed by atoms with Gasteiger partial charge in [0.1, 0.15) is 0 Å². The second-order valence-electron chi connectivity index (χ2n) is 4.01. The van der Waals surface area contributed by atoms with Gasteiger partial charge in [-0.05, 0) is 37.6 Å². The second-order valence-corrected chi connectivity index (χ2v) is 6.90. The summed E-state index contributed by atoms with van der Waals surface area (Å²) in [6, 6.07) is 5.36. The van der Waals surface area contributed by atoms with E-state index in [2.05, 4.69) is 10.2 Å². The Morgan fingerprint density at radius 1 is 1.26 bits per heavy atom. The van der Waals surface area contributed by atoms with E-state index in [1.807, 2.05) is 13.0 Å². The maximum absolute atomic E-state index is 11.4. The molecule has 0 aliphatic heterocycles. The molecule has 0 amide bonds. The van der Waals surface area contributed by atoms with E-state index >= 15 is 0 Å². The number of hydrogen-bond acceptors (Lipinski definition) is 4. The van der Waals surface area contributed by atoms with Gasteiger partial charge < -0.3 is 0 Å². The Morgan fingerprint density at radius 2 is 1.95 bits per heavy atom. The molecule has 19 heavy (non-hydrogen) atoms. The lowest BCUT2D eigenvalue weighted by Crippen LogP contribution is -2.06. The van der Waals surface area contributed by atoms with Crippen LogP contribution < -0.4 is 0 Å². The lowest BCUT2D eigenvalue weighted by Gasteiger charge is -2.07. The van der Waals surface area contributed by atoms with Crippen LogP contribution in [0, 0.1) is 6.92 Å². The standard InChI is InChI=1S/C11H11Cl2N3O2S/c1-3-16-10(14-15-11(16)19(13,17)18)8-4-7(2)5-9(12)6-8/h4-6H,3H2,1-2H3. The molecule has 0 saturated carbocycles. The van der Waals surface area contributed by atoms with Crippen LogP contribution in [-0.4, -0.2) is 23.2 Å². The second kappa shape index (κ2) is 5.11. The SMILES string of the molecule is CCn1c(-c2cc(C)cc(Cl)c2)nnc1S(=O)(=O)Cl. The van der Waals surface area contributed by atoms with Crippen LogP contribution in [0.2, 0.25) is 5.02 Å². The number of benzene rings is 1. The lowest BCUT2D eigenvalue weighted by atomic mass is 10.1. The fourth-order valence-electron chi connectivity index (χ4n) is 1.83. The number of hydrogen-bond donors (Lipinski definition) is 0. The molecule has 0 N–H and O–H groups in total. The van der Waals surface area contributed by atoms with Crippen LogP contribution in [0.3, 0.4) is 0 Å². The van der Waals surface area contributed by atoms with Gasteiger partial charge in [0.15, 0.2) is 5.82 Å². The molecule has 2 rings (SSSR count). The zero-order chi connectivity index (χ0) is 14.2. The zero-order valence-corrected chi connectivity index (χ0v) is 12.6. The van der Waals surface area contributed by atoms with Crippen LogP contribution in [0.1, 0.15) is 12.5 Å². The van der Waals surface area contributed by atoms with E-state index in [-0.39, 0.29) is 5.16 Å².